The van der Waals surface area contributed by atoms with Crippen molar-refractivity contribution in [2.45, 2.75) is 96.8 Å². The summed E-state index contributed by atoms with van der Waals surface area (Å²) < 4.78 is 12.3. The average molecular weight is 294 g/mol. The van der Waals surface area contributed by atoms with Crippen LogP contribution in [0.1, 0.15) is 96.8 Å². The highest BCUT2D eigenvalue weighted by molar-refractivity contribution is 5.02. The Morgan fingerprint density at radius 3 is 2.05 bits per heavy atom. The summed E-state index contributed by atoms with van der Waals surface area (Å²) >= 11 is 0. The third kappa shape index (κ3) is 3.17. The van der Waals surface area contributed by atoms with Gasteiger partial charge in [-0.25, -0.2) is 0 Å². The lowest BCUT2D eigenvalue weighted by molar-refractivity contribution is -0.0649. The topological polar surface area (TPSA) is 0 Å². The molecule has 0 aliphatic heterocycles. The molecular formula is C20H35F. The van der Waals surface area contributed by atoms with Crippen LogP contribution in [0.2, 0.25) is 0 Å². The standard InChI is InChI=1S/C20H35F/c1-2-9-19-10-13-20(14-11-19,15-12-19)18-7-5-17(6-8-18)4-3-16-21/h17-18H,2-16H2,1H3. The van der Waals surface area contributed by atoms with Crippen molar-refractivity contribution in [1.29, 1.82) is 0 Å². The van der Waals surface area contributed by atoms with Gasteiger partial charge < -0.3 is 0 Å². The van der Waals surface area contributed by atoms with E-state index in [0.717, 1.165) is 35.5 Å². The van der Waals surface area contributed by atoms with E-state index in [9.17, 15) is 4.39 Å². The Morgan fingerprint density at radius 1 is 0.905 bits per heavy atom. The summed E-state index contributed by atoms with van der Waals surface area (Å²) in [6.07, 6.45) is 19.7. The summed E-state index contributed by atoms with van der Waals surface area (Å²) in [5, 5.41) is 0. The summed E-state index contributed by atoms with van der Waals surface area (Å²) in [6, 6.07) is 0. The van der Waals surface area contributed by atoms with Gasteiger partial charge in [0.05, 0.1) is 6.67 Å². The van der Waals surface area contributed by atoms with Gasteiger partial charge in [-0.15, -0.1) is 0 Å². The normalized spacial score (nSPS) is 43.1. The number of hydrogen-bond donors (Lipinski definition) is 0. The minimum atomic E-state index is -0.108. The number of fused-ring (bicyclic) bond motifs is 3. The molecule has 0 aromatic rings. The van der Waals surface area contributed by atoms with Gasteiger partial charge in [-0.05, 0) is 93.3 Å². The molecule has 1 heteroatoms. The Balaban J connectivity index is 1.53. The largest absolute Gasteiger partial charge is 0.251 e. The molecule has 0 spiro atoms. The molecule has 4 aliphatic rings. The summed E-state index contributed by atoms with van der Waals surface area (Å²) in [6.45, 7) is 2.26. The predicted molar refractivity (Wildman–Crippen MR) is 88.1 cm³/mol. The predicted octanol–water partition coefficient (Wildman–Crippen LogP) is 6.68. The second-order valence-electron chi connectivity index (χ2n) is 8.66. The molecule has 0 heterocycles. The van der Waals surface area contributed by atoms with Crippen LogP contribution in [0.25, 0.3) is 0 Å². The Bertz CT molecular complexity index is 302. The first-order valence-corrected chi connectivity index (χ1v) is 9.78. The molecule has 0 nitrogen and oxygen atoms in total. The van der Waals surface area contributed by atoms with Gasteiger partial charge in [0, 0.05) is 0 Å². The van der Waals surface area contributed by atoms with Crippen molar-refractivity contribution in [3.8, 4) is 0 Å². The first kappa shape index (κ1) is 15.8. The zero-order valence-corrected chi connectivity index (χ0v) is 14.1. The minimum absolute atomic E-state index is 0.108. The third-order valence-corrected chi connectivity index (χ3v) is 7.70. The van der Waals surface area contributed by atoms with Crippen molar-refractivity contribution in [3.05, 3.63) is 0 Å². The highest BCUT2D eigenvalue weighted by Gasteiger charge is 2.51. The maximum atomic E-state index is 12.3. The van der Waals surface area contributed by atoms with E-state index in [2.05, 4.69) is 6.92 Å². The van der Waals surface area contributed by atoms with Crippen molar-refractivity contribution in [2.24, 2.45) is 22.7 Å². The van der Waals surface area contributed by atoms with E-state index in [-0.39, 0.29) is 6.67 Å². The maximum absolute atomic E-state index is 12.3. The van der Waals surface area contributed by atoms with Crippen molar-refractivity contribution >= 4 is 0 Å². The fourth-order valence-corrected chi connectivity index (χ4v) is 6.24. The molecule has 0 atom stereocenters. The maximum Gasteiger partial charge on any atom is 0.0894 e. The molecule has 0 amide bonds. The van der Waals surface area contributed by atoms with Crippen LogP contribution in [-0.2, 0) is 0 Å². The summed E-state index contributed by atoms with van der Waals surface area (Å²) in [7, 11) is 0. The second kappa shape index (κ2) is 6.59. The molecule has 4 aliphatic carbocycles. The van der Waals surface area contributed by atoms with Gasteiger partial charge in [-0.3, -0.25) is 4.39 Å². The first-order valence-electron chi connectivity index (χ1n) is 9.78. The van der Waals surface area contributed by atoms with Crippen LogP contribution in [0.4, 0.5) is 4.39 Å². The highest BCUT2D eigenvalue weighted by atomic mass is 19.1. The average Bonchev–Trinajstić information content (AvgIpc) is 2.55. The molecule has 4 saturated carbocycles. The number of alkyl halides is 1. The van der Waals surface area contributed by atoms with E-state index < -0.39 is 0 Å². The van der Waals surface area contributed by atoms with Crippen LogP contribution in [0.3, 0.4) is 0 Å². The molecule has 0 radical (unpaired) electrons. The van der Waals surface area contributed by atoms with E-state index >= 15 is 0 Å². The minimum Gasteiger partial charge on any atom is -0.251 e. The van der Waals surface area contributed by atoms with E-state index in [1.807, 2.05) is 0 Å². The quantitative estimate of drug-likeness (QED) is 0.512. The molecule has 4 rings (SSSR count). The number of halogens is 1. The summed E-state index contributed by atoms with van der Waals surface area (Å²) in [5.41, 5.74) is 1.50. The molecule has 0 unspecified atom stereocenters. The molecule has 4 fully saturated rings. The van der Waals surface area contributed by atoms with Crippen LogP contribution in [0, 0.1) is 22.7 Å². The Labute approximate surface area is 131 Å². The lowest BCUT2D eigenvalue weighted by Crippen LogP contribution is -2.46. The van der Waals surface area contributed by atoms with Crippen LogP contribution >= 0.6 is 0 Å². The Morgan fingerprint density at radius 2 is 1.52 bits per heavy atom. The van der Waals surface area contributed by atoms with E-state index in [0.29, 0.717) is 0 Å². The van der Waals surface area contributed by atoms with Crippen molar-refractivity contribution < 1.29 is 4.39 Å². The zero-order valence-electron chi connectivity index (χ0n) is 14.1. The van der Waals surface area contributed by atoms with Gasteiger partial charge in [0.15, 0.2) is 0 Å². The Hall–Kier alpha value is -0.0700. The van der Waals surface area contributed by atoms with Crippen LogP contribution in [0.5, 0.6) is 0 Å². The Kier molecular flexibility index (Phi) is 4.96. The van der Waals surface area contributed by atoms with Crippen molar-refractivity contribution in [1.82, 2.24) is 0 Å². The van der Waals surface area contributed by atoms with Crippen LogP contribution < -0.4 is 0 Å². The van der Waals surface area contributed by atoms with Crippen molar-refractivity contribution in [3.63, 3.8) is 0 Å². The summed E-state index contributed by atoms with van der Waals surface area (Å²) in [5.74, 6) is 1.86. The molecule has 0 aromatic carbocycles. The van der Waals surface area contributed by atoms with Crippen molar-refractivity contribution in [2.75, 3.05) is 6.67 Å². The van der Waals surface area contributed by atoms with Gasteiger partial charge in [-0.1, -0.05) is 26.2 Å². The number of rotatable bonds is 6. The monoisotopic (exact) mass is 294 g/mol. The third-order valence-electron chi connectivity index (χ3n) is 7.70. The lowest BCUT2D eigenvalue weighted by atomic mass is 9.47. The molecule has 0 N–H and O–H groups in total. The van der Waals surface area contributed by atoms with E-state index in [1.54, 1.807) is 0 Å². The van der Waals surface area contributed by atoms with Gasteiger partial charge >= 0.3 is 0 Å². The molecular weight excluding hydrogens is 259 g/mol. The van der Waals surface area contributed by atoms with Gasteiger partial charge in [0.2, 0.25) is 0 Å². The number of hydrogen-bond acceptors (Lipinski definition) is 0. The van der Waals surface area contributed by atoms with Gasteiger partial charge in [0.1, 0.15) is 0 Å². The molecule has 0 saturated heterocycles. The lowest BCUT2D eigenvalue weighted by Gasteiger charge is -2.58. The summed E-state index contributed by atoms with van der Waals surface area (Å²) in [4.78, 5) is 0. The first-order chi connectivity index (χ1) is 10.2. The van der Waals surface area contributed by atoms with Crippen LogP contribution in [-0.4, -0.2) is 6.67 Å². The van der Waals surface area contributed by atoms with Gasteiger partial charge in [0.25, 0.3) is 0 Å². The zero-order chi connectivity index (χ0) is 14.8. The molecule has 2 bridgehead atoms. The fourth-order valence-electron chi connectivity index (χ4n) is 6.24. The second-order valence-corrected chi connectivity index (χ2v) is 8.66. The molecule has 122 valence electrons. The van der Waals surface area contributed by atoms with E-state index in [1.165, 1.54) is 77.0 Å². The smallest absolute Gasteiger partial charge is 0.0894 e. The molecule has 21 heavy (non-hydrogen) atoms. The SMILES string of the molecule is CCCC12CCC(C3CCC(CCCF)CC3)(CC1)CC2. The van der Waals surface area contributed by atoms with Crippen LogP contribution in [0.15, 0.2) is 0 Å². The van der Waals surface area contributed by atoms with Gasteiger partial charge in [-0.2, -0.15) is 0 Å². The fraction of sp³-hybridized carbons (Fsp3) is 1.00. The highest BCUT2D eigenvalue weighted by Crippen LogP contribution is 2.63. The van der Waals surface area contributed by atoms with E-state index in [4.69, 9.17) is 0 Å². The molecule has 0 aromatic heterocycles.